The van der Waals surface area contributed by atoms with Gasteiger partial charge in [0.2, 0.25) is 0 Å². The molecule has 2 aromatic carbocycles. The second-order valence-electron chi connectivity index (χ2n) is 4.00. The van der Waals surface area contributed by atoms with Crippen LogP contribution in [0.4, 0.5) is 0 Å². The van der Waals surface area contributed by atoms with Crippen molar-refractivity contribution in [2.45, 2.75) is 13.2 Å². The van der Waals surface area contributed by atoms with Crippen LogP contribution in [0.25, 0.3) is 0 Å². The van der Waals surface area contributed by atoms with Crippen molar-refractivity contribution in [2.24, 2.45) is 0 Å². The van der Waals surface area contributed by atoms with Crippen LogP contribution in [0.2, 0.25) is 0 Å². The maximum atomic E-state index is 5.76. The molecule has 94 valence electrons. The summed E-state index contributed by atoms with van der Waals surface area (Å²) in [5, 5.41) is 0. The summed E-state index contributed by atoms with van der Waals surface area (Å²) in [6.45, 7) is 1.20. The molecule has 2 rings (SSSR count). The molecule has 3 heteroatoms. The molecular weight excluding hydrogens is 339 g/mol. The first-order chi connectivity index (χ1) is 8.78. The number of halogens is 1. The average Bonchev–Trinajstić information content (AvgIpc) is 2.39. The lowest BCUT2D eigenvalue weighted by Crippen LogP contribution is -1.96. The van der Waals surface area contributed by atoms with Gasteiger partial charge in [-0.25, -0.2) is 0 Å². The molecule has 0 aliphatic carbocycles. The van der Waals surface area contributed by atoms with Crippen molar-refractivity contribution in [1.29, 1.82) is 0 Å². The van der Waals surface area contributed by atoms with Crippen LogP contribution in [-0.4, -0.2) is 7.11 Å². The van der Waals surface area contributed by atoms with E-state index in [2.05, 4.69) is 46.9 Å². The highest BCUT2D eigenvalue weighted by Crippen LogP contribution is 2.16. The van der Waals surface area contributed by atoms with E-state index in [1.165, 1.54) is 9.13 Å². The Kier molecular flexibility index (Phi) is 5.01. The predicted molar refractivity (Wildman–Crippen MR) is 80.6 cm³/mol. The minimum absolute atomic E-state index is 0.591. The van der Waals surface area contributed by atoms with E-state index in [4.69, 9.17) is 9.47 Å². The third kappa shape index (κ3) is 3.99. The molecular formula is C15H15IO2. The largest absolute Gasteiger partial charge is 0.489 e. The summed E-state index contributed by atoms with van der Waals surface area (Å²) in [6.07, 6.45) is 0. The van der Waals surface area contributed by atoms with E-state index >= 15 is 0 Å². The number of methoxy groups -OCH3 is 1. The van der Waals surface area contributed by atoms with E-state index in [9.17, 15) is 0 Å². The molecule has 0 N–H and O–H groups in total. The summed E-state index contributed by atoms with van der Waals surface area (Å²) in [4.78, 5) is 0. The summed E-state index contributed by atoms with van der Waals surface area (Å²) >= 11 is 2.30. The first-order valence-corrected chi connectivity index (χ1v) is 6.81. The standard InChI is InChI=1S/C15H15IO2/c1-17-10-13-3-2-4-15(9-13)18-11-12-5-7-14(16)8-6-12/h2-9H,10-11H2,1H3. The van der Waals surface area contributed by atoms with E-state index in [0.717, 1.165) is 11.3 Å². The maximum absolute atomic E-state index is 5.76. The Hall–Kier alpha value is -1.07. The SMILES string of the molecule is COCc1cccc(OCc2ccc(I)cc2)c1. The molecule has 0 unspecified atom stereocenters. The molecule has 0 aromatic heterocycles. The second kappa shape index (κ2) is 6.75. The molecule has 0 radical (unpaired) electrons. The average molecular weight is 354 g/mol. The highest BCUT2D eigenvalue weighted by Gasteiger charge is 1.98. The Bertz CT molecular complexity index is 494. The lowest BCUT2D eigenvalue weighted by molar-refractivity contribution is 0.184. The molecule has 0 atom stereocenters. The second-order valence-corrected chi connectivity index (χ2v) is 5.24. The van der Waals surface area contributed by atoms with Gasteiger partial charge in [-0.2, -0.15) is 0 Å². The van der Waals surface area contributed by atoms with Crippen LogP contribution in [0.1, 0.15) is 11.1 Å². The van der Waals surface area contributed by atoms with Gasteiger partial charge >= 0.3 is 0 Å². The molecule has 0 amide bonds. The number of benzene rings is 2. The fraction of sp³-hybridized carbons (Fsp3) is 0.200. The topological polar surface area (TPSA) is 18.5 Å². The van der Waals surface area contributed by atoms with Gasteiger partial charge in [-0.1, -0.05) is 24.3 Å². The summed E-state index contributed by atoms with van der Waals surface area (Å²) in [7, 11) is 1.69. The van der Waals surface area contributed by atoms with E-state index in [0.29, 0.717) is 13.2 Å². The lowest BCUT2D eigenvalue weighted by atomic mass is 10.2. The summed E-state index contributed by atoms with van der Waals surface area (Å²) < 4.78 is 12.1. The van der Waals surface area contributed by atoms with Gasteiger partial charge in [0.05, 0.1) is 6.61 Å². The molecule has 0 saturated heterocycles. The molecule has 18 heavy (non-hydrogen) atoms. The van der Waals surface area contributed by atoms with E-state index < -0.39 is 0 Å². The molecule has 0 aliphatic heterocycles. The fourth-order valence-electron chi connectivity index (χ4n) is 1.64. The van der Waals surface area contributed by atoms with Crippen molar-refractivity contribution in [1.82, 2.24) is 0 Å². The van der Waals surface area contributed by atoms with Crippen LogP contribution in [0.5, 0.6) is 5.75 Å². The Labute approximate surface area is 121 Å². The minimum atomic E-state index is 0.591. The number of hydrogen-bond acceptors (Lipinski definition) is 2. The highest BCUT2D eigenvalue weighted by molar-refractivity contribution is 14.1. The summed E-state index contributed by atoms with van der Waals surface area (Å²) in [6, 6.07) is 16.3. The smallest absolute Gasteiger partial charge is 0.120 e. The Balaban J connectivity index is 1.97. The third-order valence-electron chi connectivity index (χ3n) is 2.53. The Morgan fingerprint density at radius 3 is 2.44 bits per heavy atom. The van der Waals surface area contributed by atoms with Gasteiger partial charge in [-0.15, -0.1) is 0 Å². The Morgan fingerprint density at radius 1 is 0.944 bits per heavy atom. The van der Waals surface area contributed by atoms with Gasteiger partial charge in [-0.05, 0) is 58.0 Å². The number of hydrogen-bond donors (Lipinski definition) is 0. The van der Waals surface area contributed by atoms with E-state index in [1.807, 2.05) is 24.3 Å². The zero-order valence-electron chi connectivity index (χ0n) is 10.2. The molecule has 0 fully saturated rings. The van der Waals surface area contributed by atoms with Gasteiger partial charge in [0, 0.05) is 10.7 Å². The van der Waals surface area contributed by atoms with Crippen LogP contribution in [0, 0.1) is 3.57 Å². The number of ether oxygens (including phenoxy) is 2. The van der Waals surface area contributed by atoms with Crippen LogP contribution in [0.15, 0.2) is 48.5 Å². The maximum Gasteiger partial charge on any atom is 0.120 e. The van der Waals surface area contributed by atoms with Crippen LogP contribution in [0.3, 0.4) is 0 Å². The minimum Gasteiger partial charge on any atom is -0.489 e. The highest BCUT2D eigenvalue weighted by atomic mass is 127. The molecule has 0 heterocycles. The van der Waals surface area contributed by atoms with Gasteiger partial charge in [-0.3, -0.25) is 0 Å². The van der Waals surface area contributed by atoms with Crippen LogP contribution in [-0.2, 0) is 18.0 Å². The van der Waals surface area contributed by atoms with Gasteiger partial charge in [0.1, 0.15) is 12.4 Å². The van der Waals surface area contributed by atoms with Crippen molar-refractivity contribution in [3.8, 4) is 5.75 Å². The summed E-state index contributed by atoms with van der Waals surface area (Å²) in [5.41, 5.74) is 2.30. The Morgan fingerprint density at radius 2 is 1.72 bits per heavy atom. The monoisotopic (exact) mass is 354 g/mol. The first-order valence-electron chi connectivity index (χ1n) is 5.73. The molecule has 2 aromatic rings. The van der Waals surface area contributed by atoms with Gasteiger partial charge < -0.3 is 9.47 Å². The number of rotatable bonds is 5. The first kappa shape index (κ1) is 13.4. The van der Waals surface area contributed by atoms with Crippen molar-refractivity contribution in [3.05, 3.63) is 63.2 Å². The zero-order chi connectivity index (χ0) is 12.8. The van der Waals surface area contributed by atoms with Crippen molar-refractivity contribution in [3.63, 3.8) is 0 Å². The van der Waals surface area contributed by atoms with Crippen LogP contribution >= 0.6 is 22.6 Å². The van der Waals surface area contributed by atoms with Crippen molar-refractivity contribution >= 4 is 22.6 Å². The molecule has 0 spiro atoms. The zero-order valence-corrected chi connectivity index (χ0v) is 12.4. The normalized spacial score (nSPS) is 10.3. The molecule has 0 aliphatic rings. The quantitative estimate of drug-likeness (QED) is 0.756. The van der Waals surface area contributed by atoms with Gasteiger partial charge in [0.25, 0.3) is 0 Å². The molecule has 0 saturated carbocycles. The fourth-order valence-corrected chi connectivity index (χ4v) is 2.00. The van der Waals surface area contributed by atoms with E-state index in [1.54, 1.807) is 7.11 Å². The summed E-state index contributed by atoms with van der Waals surface area (Å²) in [5.74, 6) is 0.878. The predicted octanol–water partition coefficient (Wildman–Crippen LogP) is 4.02. The molecule has 0 bridgehead atoms. The lowest BCUT2D eigenvalue weighted by Gasteiger charge is -2.08. The van der Waals surface area contributed by atoms with Crippen molar-refractivity contribution < 1.29 is 9.47 Å². The molecule has 2 nitrogen and oxygen atoms in total. The third-order valence-corrected chi connectivity index (χ3v) is 3.25. The van der Waals surface area contributed by atoms with Gasteiger partial charge in [0.15, 0.2) is 0 Å². The van der Waals surface area contributed by atoms with Crippen molar-refractivity contribution in [2.75, 3.05) is 7.11 Å². The van der Waals surface area contributed by atoms with Crippen LogP contribution < -0.4 is 4.74 Å². The van der Waals surface area contributed by atoms with E-state index in [-0.39, 0.29) is 0 Å².